The number of carbonyl (C=O) groups is 2. The van der Waals surface area contributed by atoms with E-state index in [9.17, 15) is 9.59 Å². The molecule has 0 saturated heterocycles. The average Bonchev–Trinajstić information content (AvgIpc) is 3.06. The second kappa shape index (κ2) is 7.69. The van der Waals surface area contributed by atoms with Crippen LogP contribution in [0.5, 0.6) is 5.75 Å². The van der Waals surface area contributed by atoms with Crippen molar-refractivity contribution in [2.75, 3.05) is 19.0 Å². The number of esters is 1. The van der Waals surface area contributed by atoms with Crippen LogP contribution in [0, 0.1) is 0 Å². The van der Waals surface area contributed by atoms with E-state index in [0.717, 1.165) is 11.3 Å². The van der Waals surface area contributed by atoms with E-state index >= 15 is 0 Å². The fraction of sp³-hybridized carbons (Fsp3) is 0.211. The number of methoxy groups -OCH3 is 1. The van der Waals surface area contributed by atoms with Crippen LogP contribution in [0.2, 0.25) is 0 Å². The van der Waals surface area contributed by atoms with Crippen LogP contribution in [-0.2, 0) is 16.0 Å². The molecular weight excluding hydrogens is 334 g/mol. The van der Waals surface area contributed by atoms with E-state index in [1.165, 1.54) is 6.20 Å². The fourth-order valence-corrected chi connectivity index (χ4v) is 2.56. The topological polar surface area (TPSA) is 81.9 Å². The number of aromatic nitrogens is 2. The van der Waals surface area contributed by atoms with Crippen LogP contribution >= 0.6 is 0 Å². The number of hydrogen-bond donors (Lipinski definition) is 1. The lowest BCUT2D eigenvalue weighted by Crippen LogP contribution is -2.14. The SMILES string of the molecule is CCOC(=O)c1cnn2ccc(NC(=O)Cc3ccc(OC)cc3)cc12. The molecule has 0 bridgehead atoms. The first kappa shape index (κ1) is 17.5. The van der Waals surface area contributed by atoms with Crippen LogP contribution in [0.3, 0.4) is 0 Å². The molecule has 0 radical (unpaired) electrons. The largest absolute Gasteiger partial charge is 0.497 e. The summed E-state index contributed by atoms with van der Waals surface area (Å²) in [6.07, 6.45) is 3.37. The van der Waals surface area contributed by atoms with Gasteiger partial charge in [0.25, 0.3) is 0 Å². The summed E-state index contributed by atoms with van der Waals surface area (Å²) in [4.78, 5) is 24.2. The summed E-state index contributed by atoms with van der Waals surface area (Å²) < 4.78 is 11.7. The lowest BCUT2D eigenvalue weighted by atomic mass is 10.1. The molecule has 0 fully saturated rings. The number of hydrogen-bond acceptors (Lipinski definition) is 5. The van der Waals surface area contributed by atoms with Crippen molar-refractivity contribution in [3.05, 3.63) is 59.9 Å². The van der Waals surface area contributed by atoms with Crippen molar-refractivity contribution in [2.45, 2.75) is 13.3 Å². The average molecular weight is 353 g/mol. The Bertz CT molecular complexity index is 932. The van der Waals surface area contributed by atoms with Crippen molar-refractivity contribution in [1.29, 1.82) is 0 Å². The molecule has 0 aliphatic carbocycles. The molecule has 2 heterocycles. The standard InChI is InChI=1S/C19H19N3O4/c1-3-26-19(24)16-12-20-22-9-8-14(11-17(16)22)21-18(23)10-13-4-6-15(25-2)7-5-13/h4-9,11-12H,3,10H2,1-2H3,(H,21,23). The summed E-state index contributed by atoms with van der Waals surface area (Å²) in [5.41, 5.74) is 2.40. The molecule has 3 aromatic rings. The third kappa shape index (κ3) is 3.83. The Morgan fingerprint density at radius 3 is 2.65 bits per heavy atom. The molecule has 0 atom stereocenters. The van der Waals surface area contributed by atoms with Gasteiger partial charge in [0, 0.05) is 11.9 Å². The molecule has 1 N–H and O–H groups in total. The lowest BCUT2D eigenvalue weighted by Gasteiger charge is -2.07. The molecule has 0 unspecified atom stereocenters. The predicted octanol–water partition coefficient (Wildman–Crippen LogP) is 2.70. The monoisotopic (exact) mass is 353 g/mol. The van der Waals surface area contributed by atoms with Crippen LogP contribution in [0.4, 0.5) is 5.69 Å². The van der Waals surface area contributed by atoms with Gasteiger partial charge in [-0.1, -0.05) is 12.1 Å². The first-order chi connectivity index (χ1) is 12.6. The highest BCUT2D eigenvalue weighted by Gasteiger charge is 2.14. The molecule has 0 aliphatic heterocycles. The highest BCUT2D eigenvalue weighted by molar-refractivity contribution is 5.98. The van der Waals surface area contributed by atoms with Crippen LogP contribution in [0.1, 0.15) is 22.8 Å². The van der Waals surface area contributed by atoms with Crippen LogP contribution < -0.4 is 10.1 Å². The third-order valence-corrected chi connectivity index (χ3v) is 3.82. The summed E-state index contributed by atoms with van der Waals surface area (Å²) in [6.45, 7) is 2.03. The normalized spacial score (nSPS) is 10.5. The maximum absolute atomic E-state index is 12.3. The molecule has 7 nitrogen and oxygen atoms in total. The van der Waals surface area contributed by atoms with Gasteiger partial charge in [-0.25, -0.2) is 9.31 Å². The Balaban J connectivity index is 1.74. The summed E-state index contributed by atoms with van der Waals surface area (Å²) in [6, 6.07) is 10.7. The minimum absolute atomic E-state index is 0.156. The number of pyridine rings is 1. The minimum atomic E-state index is -0.441. The number of amides is 1. The Morgan fingerprint density at radius 1 is 1.19 bits per heavy atom. The van der Waals surface area contributed by atoms with Crippen LogP contribution in [-0.4, -0.2) is 35.2 Å². The van der Waals surface area contributed by atoms with Gasteiger partial charge in [-0.05, 0) is 36.8 Å². The van der Waals surface area contributed by atoms with Crippen molar-refractivity contribution in [1.82, 2.24) is 9.61 Å². The Hall–Kier alpha value is -3.35. The van der Waals surface area contributed by atoms with E-state index in [1.807, 2.05) is 24.3 Å². The molecule has 1 amide bonds. The summed E-state index contributed by atoms with van der Waals surface area (Å²) in [5, 5.41) is 6.95. The van der Waals surface area contributed by atoms with Gasteiger partial charge < -0.3 is 14.8 Å². The van der Waals surface area contributed by atoms with E-state index in [0.29, 0.717) is 16.8 Å². The number of fused-ring (bicyclic) bond motifs is 1. The van der Waals surface area contributed by atoms with E-state index in [1.54, 1.807) is 36.9 Å². The molecule has 0 aliphatic rings. The molecule has 0 saturated carbocycles. The quantitative estimate of drug-likeness (QED) is 0.689. The van der Waals surface area contributed by atoms with Crippen molar-refractivity contribution < 1.29 is 19.1 Å². The zero-order chi connectivity index (χ0) is 18.5. The van der Waals surface area contributed by atoms with Crippen molar-refractivity contribution in [3.8, 4) is 5.75 Å². The third-order valence-electron chi connectivity index (χ3n) is 3.82. The van der Waals surface area contributed by atoms with E-state index in [2.05, 4.69) is 10.4 Å². The molecule has 7 heteroatoms. The summed E-state index contributed by atoms with van der Waals surface area (Å²) in [5.74, 6) is 0.146. The zero-order valence-electron chi connectivity index (χ0n) is 14.6. The number of rotatable bonds is 6. The van der Waals surface area contributed by atoms with Gasteiger partial charge in [-0.15, -0.1) is 0 Å². The molecule has 1 aromatic carbocycles. The van der Waals surface area contributed by atoms with Crippen LogP contribution in [0.25, 0.3) is 5.52 Å². The van der Waals surface area contributed by atoms with Gasteiger partial charge in [0.1, 0.15) is 11.3 Å². The van der Waals surface area contributed by atoms with E-state index < -0.39 is 5.97 Å². The van der Waals surface area contributed by atoms with Gasteiger partial charge >= 0.3 is 5.97 Å². The first-order valence-electron chi connectivity index (χ1n) is 8.18. The highest BCUT2D eigenvalue weighted by Crippen LogP contribution is 2.18. The Morgan fingerprint density at radius 2 is 1.96 bits per heavy atom. The van der Waals surface area contributed by atoms with Gasteiger partial charge in [0.2, 0.25) is 5.91 Å². The predicted molar refractivity (Wildman–Crippen MR) is 96.5 cm³/mol. The smallest absolute Gasteiger partial charge is 0.341 e. The maximum atomic E-state index is 12.3. The highest BCUT2D eigenvalue weighted by atomic mass is 16.5. The van der Waals surface area contributed by atoms with Gasteiger partial charge in [0.15, 0.2) is 0 Å². The maximum Gasteiger partial charge on any atom is 0.341 e. The van der Waals surface area contributed by atoms with Crippen molar-refractivity contribution >= 4 is 23.1 Å². The lowest BCUT2D eigenvalue weighted by molar-refractivity contribution is -0.115. The van der Waals surface area contributed by atoms with Gasteiger partial charge in [0.05, 0.1) is 31.9 Å². The van der Waals surface area contributed by atoms with E-state index in [4.69, 9.17) is 9.47 Å². The molecule has 0 spiro atoms. The zero-order valence-corrected chi connectivity index (χ0v) is 14.6. The molecule has 26 heavy (non-hydrogen) atoms. The summed E-state index contributed by atoms with van der Waals surface area (Å²) in [7, 11) is 1.60. The minimum Gasteiger partial charge on any atom is -0.497 e. The molecular formula is C19H19N3O4. The van der Waals surface area contributed by atoms with E-state index in [-0.39, 0.29) is 18.9 Å². The Kier molecular flexibility index (Phi) is 5.17. The number of benzene rings is 1. The van der Waals surface area contributed by atoms with Gasteiger partial charge in [-0.3, -0.25) is 4.79 Å². The fourth-order valence-electron chi connectivity index (χ4n) is 2.56. The van der Waals surface area contributed by atoms with Gasteiger partial charge in [-0.2, -0.15) is 5.10 Å². The summed E-state index contributed by atoms with van der Waals surface area (Å²) >= 11 is 0. The number of nitrogens with zero attached hydrogens (tertiary/aromatic N) is 2. The molecule has 3 rings (SSSR count). The number of nitrogens with one attached hydrogen (secondary N) is 1. The number of carbonyl (C=O) groups excluding carboxylic acids is 2. The van der Waals surface area contributed by atoms with Crippen molar-refractivity contribution in [3.63, 3.8) is 0 Å². The second-order valence-corrected chi connectivity index (χ2v) is 5.60. The molecule has 2 aromatic heterocycles. The van der Waals surface area contributed by atoms with Crippen molar-refractivity contribution in [2.24, 2.45) is 0 Å². The van der Waals surface area contributed by atoms with Crippen LogP contribution in [0.15, 0.2) is 48.8 Å². The number of anilines is 1. The number of ether oxygens (including phenoxy) is 2. The molecule has 134 valence electrons. The first-order valence-corrected chi connectivity index (χ1v) is 8.18. The second-order valence-electron chi connectivity index (χ2n) is 5.60. The Labute approximate surface area is 150 Å².